The summed E-state index contributed by atoms with van der Waals surface area (Å²) in [7, 11) is 0. The third kappa shape index (κ3) is 2.93. The lowest BCUT2D eigenvalue weighted by Gasteiger charge is -2.23. The first-order chi connectivity index (χ1) is 7.38. The predicted molar refractivity (Wildman–Crippen MR) is 60.1 cm³/mol. The van der Waals surface area contributed by atoms with Gasteiger partial charge in [0.15, 0.2) is 0 Å². The van der Waals surface area contributed by atoms with Crippen LogP contribution in [0.2, 0.25) is 0 Å². The van der Waals surface area contributed by atoms with Gasteiger partial charge in [0.25, 0.3) is 0 Å². The van der Waals surface area contributed by atoms with Crippen molar-refractivity contribution in [3.63, 3.8) is 0 Å². The lowest BCUT2D eigenvalue weighted by molar-refractivity contribution is 0.162. The number of aromatic nitrogens is 1. The fraction of sp³-hybridized carbons (Fsp3) is 0.583. The van der Waals surface area contributed by atoms with Gasteiger partial charge in [-0.3, -0.25) is 4.98 Å². The molecule has 1 saturated heterocycles. The quantitative estimate of drug-likeness (QED) is 0.818. The summed E-state index contributed by atoms with van der Waals surface area (Å²) in [6.45, 7) is 4.25. The third-order valence-corrected chi connectivity index (χ3v) is 2.77. The highest BCUT2D eigenvalue weighted by Gasteiger charge is 2.14. The van der Waals surface area contributed by atoms with Crippen molar-refractivity contribution in [1.82, 2.24) is 10.3 Å². The number of aryl methyl sites for hydroxylation is 1. The van der Waals surface area contributed by atoms with E-state index in [0.717, 1.165) is 38.1 Å². The molecule has 0 bridgehead atoms. The summed E-state index contributed by atoms with van der Waals surface area (Å²) in [5.41, 5.74) is 1.24. The number of nitrogens with one attached hydrogen (secondary N) is 1. The van der Waals surface area contributed by atoms with Crippen molar-refractivity contribution in [3.05, 3.63) is 24.0 Å². The van der Waals surface area contributed by atoms with Gasteiger partial charge in [-0.05, 0) is 44.0 Å². The molecule has 0 atom stereocenters. The van der Waals surface area contributed by atoms with Gasteiger partial charge >= 0.3 is 0 Å². The fourth-order valence-corrected chi connectivity index (χ4v) is 1.83. The average Bonchev–Trinajstić information content (AvgIpc) is 2.31. The van der Waals surface area contributed by atoms with Crippen molar-refractivity contribution < 1.29 is 4.74 Å². The summed E-state index contributed by atoms with van der Waals surface area (Å²) >= 11 is 0. The highest BCUT2D eigenvalue weighted by molar-refractivity contribution is 5.23. The summed E-state index contributed by atoms with van der Waals surface area (Å²) < 4.78 is 5.90. The van der Waals surface area contributed by atoms with Crippen LogP contribution in [-0.2, 0) is 6.42 Å². The van der Waals surface area contributed by atoms with Crippen LogP contribution in [0.25, 0.3) is 0 Å². The Hall–Kier alpha value is -1.09. The highest BCUT2D eigenvalue weighted by atomic mass is 16.5. The van der Waals surface area contributed by atoms with Gasteiger partial charge < -0.3 is 10.1 Å². The summed E-state index contributed by atoms with van der Waals surface area (Å²) in [5, 5.41) is 3.33. The second-order valence-electron chi connectivity index (χ2n) is 3.95. The second-order valence-corrected chi connectivity index (χ2v) is 3.95. The predicted octanol–water partition coefficient (Wildman–Crippen LogP) is 1.77. The van der Waals surface area contributed by atoms with E-state index in [-0.39, 0.29) is 0 Å². The third-order valence-electron chi connectivity index (χ3n) is 2.77. The van der Waals surface area contributed by atoms with Crippen LogP contribution in [0.5, 0.6) is 5.75 Å². The van der Waals surface area contributed by atoms with E-state index >= 15 is 0 Å². The smallest absolute Gasteiger partial charge is 0.138 e. The number of pyridine rings is 1. The maximum atomic E-state index is 5.90. The van der Waals surface area contributed by atoms with E-state index in [1.807, 2.05) is 6.20 Å². The SMILES string of the molecule is CCc1cncc(OC2CCNCC2)c1. The number of piperidine rings is 1. The summed E-state index contributed by atoms with van der Waals surface area (Å²) in [4.78, 5) is 4.18. The molecule has 82 valence electrons. The number of ether oxygens (including phenoxy) is 1. The average molecular weight is 206 g/mol. The fourth-order valence-electron chi connectivity index (χ4n) is 1.83. The minimum Gasteiger partial charge on any atom is -0.489 e. The van der Waals surface area contributed by atoms with Crippen LogP contribution in [0.1, 0.15) is 25.3 Å². The molecule has 0 unspecified atom stereocenters. The van der Waals surface area contributed by atoms with Crippen LogP contribution in [0, 0.1) is 0 Å². The topological polar surface area (TPSA) is 34.1 Å². The first-order valence-electron chi connectivity index (χ1n) is 5.70. The van der Waals surface area contributed by atoms with E-state index < -0.39 is 0 Å². The first kappa shape index (κ1) is 10.4. The monoisotopic (exact) mass is 206 g/mol. The first-order valence-corrected chi connectivity index (χ1v) is 5.70. The Bertz CT molecular complexity index is 308. The molecule has 0 saturated carbocycles. The van der Waals surface area contributed by atoms with Gasteiger partial charge in [-0.2, -0.15) is 0 Å². The van der Waals surface area contributed by atoms with Crippen molar-refractivity contribution in [3.8, 4) is 5.75 Å². The largest absolute Gasteiger partial charge is 0.489 e. The van der Waals surface area contributed by atoms with E-state index in [9.17, 15) is 0 Å². The van der Waals surface area contributed by atoms with Crippen molar-refractivity contribution in [2.24, 2.45) is 0 Å². The molecule has 2 heterocycles. The molecule has 1 aromatic heterocycles. The van der Waals surface area contributed by atoms with E-state index in [2.05, 4.69) is 23.3 Å². The molecular weight excluding hydrogens is 188 g/mol. The van der Waals surface area contributed by atoms with Gasteiger partial charge in [-0.1, -0.05) is 6.92 Å². The highest BCUT2D eigenvalue weighted by Crippen LogP contribution is 2.16. The van der Waals surface area contributed by atoms with E-state index in [4.69, 9.17) is 4.74 Å². The van der Waals surface area contributed by atoms with Gasteiger partial charge in [-0.25, -0.2) is 0 Å². The van der Waals surface area contributed by atoms with Crippen molar-refractivity contribution in [1.29, 1.82) is 0 Å². The molecule has 0 radical (unpaired) electrons. The zero-order valence-corrected chi connectivity index (χ0v) is 9.20. The van der Waals surface area contributed by atoms with Gasteiger partial charge in [-0.15, -0.1) is 0 Å². The normalized spacial score (nSPS) is 17.7. The van der Waals surface area contributed by atoms with Crippen molar-refractivity contribution in [2.75, 3.05) is 13.1 Å². The molecule has 1 N–H and O–H groups in total. The molecule has 3 heteroatoms. The summed E-state index contributed by atoms with van der Waals surface area (Å²) in [5.74, 6) is 0.918. The summed E-state index contributed by atoms with van der Waals surface area (Å²) in [6.07, 6.45) is 7.26. The van der Waals surface area contributed by atoms with Crippen molar-refractivity contribution >= 4 is 0 Å². The molecule has 1 aromatic rings. The number of hydrogen-bond donors (Lipinski definition) is 1. The van der Waals surface area contributed by atoms with E-state index in [1.165, 1.54) is 5.56 Å². The molecule has 0 amide bonds. The number of rotatable bonds is 3. The number of hydrogen-bond acceptors (Lipinski definition) is 3. The molecule has 15 heavy (non-hydrogen) atoms. The Morgan fingerprint density at radius 3 is 2.93 bits per heavy atom. The minimum absolute atomic E-state index is 0.361. The zero-order valence-electron chi connectivity index (χ0n) is 9.20. The second kappa shape index (κ2) is 5.12. The van der Waals surface area contributed by atoms with Crippen LogP contribution in [0.4, 0.5) is 0 Å². The summed E-state index contributed by atoms with van der Waals surface area (Å²) in [6, 6.07) is 2.09. The molecule has 0 aromatic carbocycles. The lowest BCUT2D eigenvalue weighted by atomic mass is 10.1. The van der Waals surface area contributed by atoms with Crippen molar-refractivity contribution in [2.45, 2.75) is 32.3 Å². The Labute approximate surface area is 90.9 Å². The van der Waals surface area contributed by atoms with E-state index in [0.29, 0.717) is 6.10 Å². The van der Waals surface area contributed by atoms with Gasteiger partial charge in [0.1, 0.15) is 11.9 Å². The maximum Gasteiger partial charge on any atom is 0.138 e. The molecule has 1 fully saturated rings. The Balaban J connectivity index is 1.96. The molecule has 1 aliphatic heterocycles. The van der Waals surface area contributed by atoms with Gasteiger partial charge in [0.2, 0.25) is 0 Å². The molecule has 2 rings (SSSR count). The van der Waals surface area contributed by atoms with E-state index in [1.54, 1.807) is 6.20 Å². The lowest BCUT2D eigenvalue weighted by Crippen LogP contribution is -2.34. The van der Waals surface area contributed by atoms with Gasteiger partial charge in [0.05, 0.1) is 6.20 Å². The standard InChI is InChI=1S/C12H18N2O/c1-2-10-7-12(9-14-8-10)15-11-3-5-13-6-4-11/h7-9,11,13H,2-6H2,1H3. The Kier molecular flexibility index (Phi) is 3.56. The van der Waals surface area contributed by atoms with Gasteiger partial charge in [0, 0.05) is 6.20 Å². The van der Waals surface area contributed by atoms with Crippen LogP contribution in [0.3, 0.4) is 0 Å². The molecule has 3 nitrogen and oxygen atoms in total. The van der Waals surface area contributed by atoms with Crippen LogP contribution in [0.15, 0.2) is 18.5 Å². The zero-order chi connectivity index (χ0) is 10.5. The van der Waals surface area contributed by atoms with Crippen LogP contribution < -0.4 is 10.1 Å². The maximum absolute atomic E-state index is 5.90. The molecule has 1 aliphatic rings. The minimum atomic E-state index is 0.361. The van der Waals surface area contributed by atoms with Crippen LogP contribution in [-0.4, -0.2) is 24.2 Å². The molecule has 0 spiro atoms. The Morgan fingerprint density at radius 2 is 2.20 bits per heavy atom. The number of nitrogens with zero attached hydrogens (tertiary/aromatic N) is 1. The van der Waals surface area contributed by atoms with Crippen LogP contribution >= 0.6 is 0 Å². The molecular formula is C12H18N2O. The molecule has 0 aliphatic carbocycles. The Morgan fingerprint density at radius 1 is 1.40 bits per heavy atom.